The second kappa shape index (κ2) is 5.58. The smallest absolute Gasteiger partial charge is 0.264 e. The van der Waals surface area contributed by atoms with Crippen LogP contribution in [0.1, 0.15) is 12.0 Å². The topological polar surface area (TPSA) is 36.2 Å². The largest absolute Gasteiger partial charge is 0.619 e. The fourth-order valence-electron chi connectivity index (χ4n) is 1.85. The van der Waals surface area contributed by atoms with Crippen molar-refractivity contribution in [3.63, 3.8) is 0 Å². The van der Waals surface area contributed by atoms with Gasteiger partial charge in [0, 0.05) is 17.2 Å². The van der Waals surface area contributed by atoms with Crippen LogP contribution < -0.4 is 9.47 Å². The molecule has 0 N–H and O–H groups in total. The van der Waals surface area contributed by atoms with Gasteiger partial charge in [0.25, 0.3) is 6.43 Å². The van der Waals surface area contributed by atoms with Crippen molar-refractivity contribution in [2.24, 2.45) is 0 Å². The number of pyridine rings is 1. The number of aromatic nitrogens is 1. The van der Waals surface area contributed by atoms with E-state index in [2.05, 4.69) is 0 Å². The Hall–Kier alpha value is -1.95. The summed E-state index contributed by atoms with van der Waals surface area (Å²) in [5, 5.41) is 11.0. The fourth-order valence-corrected chi connectivity index (χ4v) is 2.01. The van der Waals surface area contributed by atoms with E-state index >= 15 is 0 Å². The molecule has 1 heterocycles. The lowest BCUT2D eigenvalue weighted by Crippen LogP contribution is -2.24. The summed E-state index contributed by atoms with van der Waals surface area (Å²) < 4.78 is 45.5. The number of benzene rings is 1. The van der Waals surface area contributed by atoms with Gasteiger partial charge in [-0.3, -0.25) is 0 Å². The molecule has 0 aliphatic carbocycles. The van der Waals surface area contributed by atoms with Gasteiger partial charge in [0.05, 0.1) is 17.7 Å². The predicted molar refractivity (Wildman–Crippen MR) is 67.3 cm³/mol. The van der Waals surface area contributed by atoms with Crippen LogP contribution in [0.25, 0.3) is 11.1 Å². The summed E-state index contributed by atoms with van der Waals surface area (Å²) in [5.74, 6) is -0.922. The molecular weight excluding hydrogens is 295 g/mol. The molecule has 0 spiro atoms. The molecule has 0 bridgehead atoms. The number of methoxy groups -OCH3 is 1. The van der Waals surface area contributed by atoms with Crippen LogP contribution in [0, 0.1) is 11.0 Å². The summed E-state index contributed by atoms with van der Waals surface area (Å²) in [6.07, 6.45) is -0.839. The molecule has 7 heteroatoms. The number of nitrogens with zero attached hydrogens (tertiary/aromatic N) is 1. The van der Waals surface area contributed by atoms with E-state index in [1.165, 1.54) is 13.2 Å². The maximum atomic E-state index is 14.1. The zero-order chi connectivity index (χ0) is 14.9. The van der Waals surface area contributed by atoms with Gasteiger partial charge in [-0.2, -0.15) is 4.73 Å². The molecule has 0 amide bonds. The zero-order valence-corrected chi connectivity index (χ0v) is 11.0. The number of ether oxygens (including phenoxy) is 1. The standard InChI is InChI=1S/C13H9ClF3NO2/c1-20-10-4-5-18(19)6-8(10)11-7(13(16)17)2-3-9(14)12(11)15/h2-6,13H,1H3. The van der Waals surface area contributed by atoms with E-state index in [4.69, 9.17) is 16.3 Å². The van der Waals surface area contributed by atoms with Crippen molar-refractivity contribution in [2.75, 3.05) is 7.11 Å². The van der Waals surface area contributed by atoms with Crippen LogP contribution in [0.15, 0.2) is 30.6 Å². The maximum Gasteiger partial charge on any atom is 0.264 e. The van der Waals surface area contributed by atoms with Gasteiger partial charge in [0.1, 0.15) is 11.6 Å². The molecule has 20 heavy (non-hydrogen) atoms. The Bertz CT molecular complexity index is 650. The molecule has 1 aromatic carbocycles. The van der Waals surface area contributed by atoms with E-state index in [1.807, 2.05) is 0 Å². The monoisotopic (exact) mass is 303 g/mol. The maximum absolute atomic E-state index is 14.1. The molecule has 0 fully saturated rings. The van der Waals surface area contributed by atoms with E-state index < -0.39 is 23.4 Å². The van der Waals surface area contributed by atoms with Crippen molar-refractivity contribution in [3.8, 4) is 16.9 Å². The Morgan fingerprint density at radius 1 is 1.30 bits per heavy atom. The molecule has 0 atom stereocenters. The van der Waals surface area contributed by atoms with Crippen molar-refractivity contribution < 1.29 is 22.6 Å². The first-order valence-electron chi connectivity index (χ1n) is 5.49. The second-order valence-corrected chi connectivity index (χ2v) is 4.32. The summed E-state index contributed by atoms with van der Waals surface area (Å²) in [4.78, 5) is 0. The lowest BCUT2D eigenvalue weighted by molar-refractivity contribution is -0.604. The number of halogens is 4. The summed E-state index contributed by atoms with van der Waals surface area (Å²) >= 11 is 5.63. The van der Waals surface area contributed by atoms with Gasteiger partial charge < -0.3 is 9.94 Å². The van der Waals surface area contributed by atoms with Gasteiger partial charge in [-0.05, 0) is 6.07 Å². The average Bonchev–Trinajstić information content (AvgIpc) is 2.41. The van der Waals surface area contributed by atoms with Gasteiger partial charge in [0.15, 0.2) is 12.4 Å². The highest BCUT2D eigenvalue weighted by molar-refractivity contribution is 6.31. The third-order valence-electron chi connectivity index (χ3n) is 2.75. The van der Waals surface area contributed by atoms with Crippen LogP contribution in [0.2, 0.25) is 5.02 Å². The minimum atomic E-state index is -2.92. The Morgan fingerprint density at radius 3 is 2.60 bits per heavy atom. The fraction of sp³-hybridized carbons (Fsp3) is 0.154. The van der Waals surface area contributed by atoms with Gasteiger partial charge in [-0.1, -0.05) is 17.7 Å². The average molecular weight is 304 g/mol. The highest BCUT2D eigenvalue weighted by atomic mass is 35.5. The minimum absolute atomic E-state index is 0.0831. The van der Waals surface area contributed by atoms with Crippen molar-refractivity contribution in [2.45, 2.75) is 6.43 Å². The molecule has 0 aliphatic heterocycles. The van der Waals surface area contributed by atoms with Gasteiger partial charge in [0.2, 0.25) is 0 Å². The minimum Gasteiger partial charge on any atom is -0.619 e. The van der Waals surface area contributed by atoms with Crippen LogP contribution >= 0.6 is 11.6 Å². The van der Waals surface area contributed by atoms with E-state index in [0.717, 1.165) is 24.5 Å². The third-order valence-corrected chi connectivity index (χ3v) is 3.04. The van der Waals surface area contributed by atoms with Crippen molar-refractivity contribution in [3.05, 3.63) is 52.2 Å². The lowest BCUT2D eigenvalue weighted by Gasteiger charge is -2.13. The van der Waals surface area contributed by atoms with E-state index in [9.17, 15) is 18.4 Å². The molecule has 3 nitrogen and oxygen atoms in total. The second-order valence-electron chi connectivity index (χ2n) is 3.91. The third kappa shape index (κ3) is 2.51. The normalized spacial score (nSPS) is 10.9. The van der Waals surface area contributed by atoms with Gasteiger partial charge in [-0.25, -0.2) is 13.2 Å². The summed E-state index contributed by atoms with van der Waals surface area (Å²) in [7, 11) is 1.29. The Kier molecular flexibility index (Phi) is 4.04. The van der Waals surface area contributed by atoms with E-state index in [-0.39, 0.29) is 16.3 Å². The molecule has 1 aromatic heterocycles. The van der Waals surface area contributed by atoms with Crippen LogP contribution in [0.4, 0.5) is 13.2 Å². The number of hydrogen-bond acceptors (Lipinski definition) is 2. The number of hydrogen-bond donors (Lipinski definition) is 0. The first-order chi connectivity index (χ1) is 9.45. The Morgan fingerprint density at radius 2 is 2.00 bits per heavy atom. The quantitative estimate of drug-likeness (QED) is 0.640. The summed E-state index contributed by atoms with van der Waals surface area (Å²) in [6.45, 7) is 0. The predicted octanol–water partition coefficient (Wildman–Crippen LogP) is 3.73. The first-order valence-corrected chi connectivity index (χ1v) is 5.86. The number of alkyl halides is 2. The molecule has 0 saturated heterocycles. The number of rotatable bonds is 3. The van der Waals surface area contributed by atoms with Gasteiger partial charge >= 0.3 is 0 Å². The molecule has 106 valence electrons. The Balaban J connectivity index is 2.80. The first kappa shape index (κ1) is 14.5. The Labute approximate surface area is 117 Å². The molecule has 0 aliphatic rings. The van der Waals surface area contributed by atoms with Crippen LogP contribution in [0.3, 0.4) is 0 Å². The van der Waals surface area contributed by atoms with Crippen LogP contribution in [-0.2, 0) is 0 Å². The summed E-state index contributed by atoms with van der Waals surface area (Å²) in [5.41, 5.74) is -1.08. The molecular formula is C13H9ClF3NO2. The van der Waals surface area contributed by atoms with Crippen molar-refractivity contribution >= 4 is 11.6 Å². The molecule has 0 saturated carbocycles. The van der Waals surface area contributed by atoms with Crippen molar-refractivity contribution in [1.29, 1.82) is 0 Å². The van der Waals surface area contributed by atoms with E-state index in [1.54, 1.807) is 0 Å². The molecule has 2 aromatic rings. The lowest BCUT2D eigenvalue weighted by atomic mass is 10.00. The van der Waals surface area contributed by atoms with Gasteiger partial charge in [-0.15, -0.1) is 0 Å². The zero-order valence-electron chi connectivity index (χ0n) is 10.2. The SMILES string of the molecule is COc1cc[n+]([O-])cc1-c1c(C(F)F)ccc(Cl)c1F. The van der Waals surface area contributed by atoms with E-state index in [0.29, 0.717) is 4.73 Å². The summed E-state index contributed by atoms with van der Waals surface area (Å²) in [6, 6.07) is 3.33. The molecule has 0 radical (unpaired) electrons. The van der Waals surface area contributed by atoms with Crippen LogP contribution in [-0.4, -0.2) is 7.11 Å². The van der Waals surface area contributed by atoms with Crippen molar-refractivity contribution in [1.82, 2.24) is 0 Å². The molecule has 2 rings (SSSR count). The van der Waals surface area contributed by atoms with Crippen LogP contribution in [0.5, 0.6) is 5.75 Å². The molecule has 0 unspecified atom stereocenters. The highest BCUT2D eigenvalue weighted by Gasteiger charge is 2.24. The highest BCUT2D eigenvalue weighted by Crippen LogP contribution is 2.39.